The third kappa shape index (κ3) is 2.96. The first-order chi connectivity index (χ1) is 9.65. The van der Waals surface area contributed by atoms with Crippen LogP contribution in [0.2, 0.25) is 0 Å². The molecule has 1 heterocycles. The van der Waals surface area contributed by atoms with Gasteiger partial charge in [-0.05, 0) is 48.9 Å². The highest BCUT2D eigenvalue weighted by molar-refractivity contribution is 5.75. The Kier molecular flexibility index (Phi) is 3.66. The highest BCUT2D eigenvalue weighted by atomic mass is 16.5. The number of carbonyl (C=O) groups is 1. The Morgan fingerprint density at radius 3 is 2.55 bits per heavy atom. The molecule has 20 heavy (non-hydrogen) atoms. The molecular formula is C16H22N2O2. The van der Waals surface area contributed by atoms with Crippen LogP contribution in [0.1, 0.15) is 31.2 Å². The second kappa shape index (κ2) is 5.44. The van der Waals surface area contributed by atoms with E-state index in [4.69, 9.17) is 10.5 Å². The van der Waals surface area contributed by atoms with E-state index in [-0.39, 0.29) is 6.61 Å². The van der Waals surface area contributed by atoms with Gasteiger partial charge in [0, 0.05) is 13.1 Å². The van der Waals surface area contributed by atoms with Crippen molar-refractivity contribution in [2.45, 2.75) is 32.2 Å². The van der Waals surface area contributed by atoms with Crippen molar-refractivity contribution in [1.29, 1.82) is 0 Å². The molecule has 4 heteroatoms. The number of nitrogens with two attached hydrogens (primary N) is 1. The van der Waals surface area contributed by atoms with Gasteiger partial charge in [0.15, 0.2) is 6.61 Å². The fourth-order valence-corrected chi connectivity index (χ4v) is 3.35. The second-order valence-corrected chi connectivity index (χ2v) is 6.21. The Morgan fingerprint density at radius 2 is 2.00 bits per heavy atom. The Balaban J connectivity index is 1.52. The lowest BCUT2D eigenvalue weighted by atomic mass is 9.68. The Bertz CT molecular complexity index is 480. The smallest absolute Gasteiger partial charge is 0.255 e. The van der Waals surface area contributed by atoms with Gasteiger partial charge in [0.25, 0.3) is 5.91 Å². The minimum Gasteiger partial charge on any atom is -0.484 e. The molecular weight excluding hydrogens is 252 g/mol. The number of rotatable bonds is 5. The van der Waals surface area contributed by atoms with Crippen molar-refractivity contribution < 1.29 is 9.53 Å². The Hall–Kier alpha value is -1.55. The molecule has 0 unspecified atom stereocenters. The van der Waals surface area contributed by atoms with Crippen LogP contribution in [-0.2, 0) is 11.3 Å². The molecule has 108 valence electrons. The van der Waals surface area contributed by atoms with E-state index in [9.17, 15) is 4.79 Å². The first-order valence-electron chi connectivity index (χ1n) is 7.38. The molecule has 0 atom stereocenters. The van der Waals surface area contributed by atoms with E-state index < -0.39 is 5.91 Å². The van der Waals surface area contributed by atoms with Crippen LogP contribution in [0, 0.1) is 5.41 Å². The normalized spacial score (nSPS) is 20.8. The van der Waals surface area contributed by atoms with Crippen molar-refractivity contribution in [2.24, 2.45) is 11.1 Å². The summed E-state index contributed by atoms with van der Waals surface area (Å²) in [6.45, 7) is 3.43. The van der Waals surface area contributed by atoms with Gasteiger partial charge in [0.1, 0.15) is 5.75 Å². The lowest BCUT2D eigenvalue weighted by Crippen LogP contribution is -2.32. The van der Waals surface area contributed by atoms with Crippen molar-refractivity contribution in [3.8, 4) is 5.75 Å². The van der Waals surface area contributed by atoms with E-state index in [1.165, 1.54) is 44.3 Å². The van der Waals surface area contributed by atoms with Crippen molar-refractivity contribution in [1.82, 2.24) is 4.90 Å². The average molecular weight is 274 g/mol. The Morgan fingerprint density at radius 1 is 1.25 bits per heavy atom. The number of hydrogen-bond acceptors (Lipinski definition) is 3. The molecule has 2 N–H and O–H groups in total. The van der Waals surface area contributed by atoms with E-state index in [2.05, 4.69) is 17.0 Å². The number of benzene rings is 1. The first kappa shape index (κ1) is 13.4. The summed E-state index contributed by atoms with van der Waals surface area (Å²) in [5, 5.41) is 0. The van der Waals surface area contributed by atoms with Crippen LogP contribution in [0.5, 0.6) is 5.75 Å². The molecule has 2 aliphatic rings. The van der Waals surface area contributed by atoms with Crippen LogP contribution in [0.4, 0.5) is 0 Å². The Labute approximate surface area is 119 Å². The summed E-state index contributed by atoms with van der Waals surface area (Å²) in [6.07, 6.45) is 5.62. The van der Waals surface area contributed by atoms with Crippen LogP contribution in [-0.4, -0.2) is 30.5 Å². The van der Waals surface area contributed by atoms with Crippen LogP contribution in [0.15, 0.2) is 24.3 Å². The van der Waals surface area contributed by atoms with Crippen LogP contribution in [0.3, 0.4) is 0 Å². The highest BCUT2D eigenvalue weighted by Gasteiger charge is 2.42. The van der Waals surface area contributed by atoms with Crippen molar-refractivity contribution in [3.05, 3.63) is 29.8 Å². The first-order valence-corrected chi connectivity index (χ1v) is 7.38. The van der Waals surface area contributed by atoms with Crippen molar-refractivity contribution >= 4 is 5.91 Å². The average Bonchev–Trinajstić information content (AvgIpc) is 2.82. The maximum absolute atomic E-state index is 10.7. The van der Waals surface area contributed by atoms with Crippen LogP contribution in [0.25, 0.3) is 0 Å². The second-order valence-electron chi connectivity index (χ2n) is 6.21. The number of ether oxygens (including phenoxy) is 1. The molecule has 1 aromatic carbocycles. The van der Waals surface area contributed by atoms with E-state index >= 15 is 0 Å². The van der Waals surface area contributed by atoms with E-state index in [1.54, 1.807) is 0 Å². The van der Waals surface area contributed by atoms with Gasteiger partial charge in [0.05, 0.1) is 0 Å². The molecule has 1 aliphatic heterocycles. The van der Waals surface area contributed by atoms with E-state index in [0.29, 0.717) is 11.2 Å². The standard InChI is InChI=1S/C16H22N2O2/c17-15(19)11-20-14-4-2-13(3-5-14)10-18-9-8-16(12-18)6-1-7-16/h2-5H,1,6-12H2,(H2,17,19). The molecule has 1 amide bonds. The topological polar surface area (TPSA) is 55.6 Å². The monoisotopic (exact) mass is 274 g/mol. The summed E-state index contributed by atoms with van der Waals surface area (Å²) in [7, 11) is 0. The summed E-state index contributed by atoms with van der Waals surface area (Å²) >= 11 is 0. The van der Waals surface area contributed by atoms with Gasteiger partial charge in [-0.2, -0.15) is 0 Å². The number of amides is 1. The molecule has 0 aromatic heterocycles. The summed E-state index contributed by atoms with van der Waals surface area (Å²) in [6, 6.07) is 7.96. The molecule has 2 fully saturated rings. The summed E-state index contributed by atoms with van der Waals surface area (Å²) in [4.78, 5) is 13.2. The minimum absolute atomic E-state index is 0.0615. The van der Waals surface area contributed by atoms with Gasteiger partial charge in [-0.1, -0.05) is 18.6 Å². The zero-order valence-corrected chi connectivity index (χ0v) is 11.8. The predicted molar refractivity (Wildman–Crippen MR) is 77.3 cm³/mol. The van der Waals surface area contributed by atoms with E-state index in [0.717, 1.165) is 6.54 Å². The third-order valence-corrected chi connectivity index (χ3v) is 4.64. The highest BCUT2D eigenvalue weighted by Crippen LogP contribution is 2.48. The number of primary amides is 1. The fraction of sp³-hybridized carbons (Fsp3) is 0.562. The molecule has 1 saturated carbocycles. The predicted octanol–water partition coefficient (Wildman–Crippen LogP) is 1.93. The number of carbonyl (C=O) groups excluding carboxylic acids is 1. The summed E-state index contributed by atoms with van der Waals surface area (Å²) in [5.74, 6) is 0.251. The maximum Gasteiger partial charge on any atom is 0.255 e. The van der Waals surface area contributed by atoms with Crippen molar-refractivity contribution in [2.75, 3.05) is 19.7 Å². The van der Waals surface area contributed by atoms with Gasteiger partial charge in [-0.25, -0.2) is 0 Å². The largest absolute Gasteiger partial charge is 0.484 e. The molecule has 3 rings (SSSR count). The summed E-state index contributed by atoms with van der Waals surface area (Å²) in [5.41, 5.74) is 7.01. The van der Waals surface area contributed by atoms with E-state index in [1.807, 2.05) is 12.1 Å². The van der Waals surface area contributed by atoms with Crippen molar-refractivity contribution in [3.63, 3.8) is 0 Å². The summed E-state index contributed by atoms with van der Waals surface area (Å²) < 4.78 is 5.26. The lowest BCUT2D eigenvalue weighted by molar-refractivity contribution is -0.119. The fourth-order valence-electron chi connectivity index (χ4n) is 3.35. The number of nitrogens with zero attached hydrogens (tertiary/aromatic N) is 1. The number of likely N-dealkylation sites (tertiary alicyclic amines) is 1. The molecule has 0 bridgehead atoms. The molecule has 1 spiro atoms. The zero-order valence-electron chi connectivity index (χ0n) is 11.8. The quantitative estimate of drug-likeness (QED) is 0.892. The molecule has 0 radical (unpaired) electrons. The van der Waals surface area contributed by atoms with Gasteiger partial charge in [0.2, 0.25) is 0 Å². The lowest BCUT2D eigenvalue weighted by Gasteiger charge is -2.38. The molecule has 1 aromatic rings. The van der Waals surface area contributed by atoms with Gasteiger partial charge in [-0.3, -0.25) is 9.69 Å². The van der Waals surface area contributed by atoms with Gasteiger partial charge in [-0.15, -0.1) is 0 Å². The minimum atomic E-state index is -0.447. The van der Waals surface area contributed by atoms with Gasteiger partial charge >= 0.3 is 0 Å². The molecule has 4 nitrogen and oxygen atoms in total. The van der Waals surface area contributed by atoms with Crippen LogP contribution >= 0.6 is 0 Å². The maximum atomic E-state index is 10.7. The molecule has 1 saturated heterocycles. The SMILES string of the molecule is NC(=O)COc1ccc(CN2CCC3(CCC3)C2)cc1. The number of hydrogen-bond donors (Lipinski definition) is 1. The van der Waals surface area contributed by atoms with Gasteiger partial charge < -0.3 is 10.5 Å². The zero-order chi connectivity index (χ0) is 14.0. The van der Waals surface area contributed by atoms with Crippen LogP contribution < -0.4 is 10.5 Å². The molecule has 1 aliphatic carbocycles. The third-order valence-electron chi connectivity index (χ3n) is 4.64.